The summed E-state index contributed by atoms with van der Waals surface area (Å²) in [4.78, 5) is 16.3. The van der Waals surface area contributed by atoms with Gasteiger partial charge in [0.1, 0.15) is 12.4 Å². The van der Waals surface area contributed by atoms with E-state index in [9.17, 15) is 4.79 Å². The van der Waals surface area contributed by atoms with Gasteiger partial charge < -0.3 is 14.6 Å². The summed E-state index contributed by atoms with van der Waals surface area (Å²) in [6, 6.07) is 13.9. The summed E-state index contributed by atoms with van der Waals surface area (Å²) in [7, 11) is 0. The minimum atomic E-state index is -0.0817. The van der Waals surface area contributed by atoms with Crippen LogP contribution < -0.4 is 10.1 Å². The molecule has 1 amide bonds. The number of nitrogens with one attached hydrogen (secondary N) is 1. The van der Waals surface area contributed by atoms with Gasteiger partial charge in [-0.15, -0.1) is 0 Å². The topological polar surface area (TPSA) is 56.1 Å². The standard InChI is InChI=1S/C22H23N3O2/c26-22(19-6-4-17(5-7-19)15-25-12-10-23-16-25)24-11-13-27-21-9-8-18-2-1-3-20(18)14-21/h4-10,12,14,16H,1-3,11,13,15H2,(H,24,26). The Balaban J connectivity index is 1.23. The summed E-state index contributed by atoms with van der Waals surface area (Å²) in [5.74, 6) is 0.801. The SMILES string of the molecule is O=C(NCCOc1ccc2c(c1)CCC2)c1ccc(Cn2ccnc2)cc1. The van der Waals surface area contributed by atoms with Crippen LogP contribution in [0.25, 0.3) is 0 Å². The molecule has 1 aliphatic carbocycles. The highest BCUT2D eigenvalue weighted by atomic mass is 16.5. The molecule has 1 N–H and O–H groups in total. The van der Waals surface area contributed by atoms with Crippen molar-refractivity contribution in [3.63, 3.8) is 0 Å². The van der Waals surface area contributed by atoms with Gasteiger partial charge in [-0.05, 0) is 60.2 Å². The zero-order chi connectivity index (χ0) is 18.5. The van der Waals surface area contributed by atoms with Crippen LogP contribution in [0.1, 0.15) is 33.5 Å². The number of hydrogen-bond donors (Lipinski definition) is 1. The highest BCUT2D eigenvalue weighted by molar-refractivity contribution is 5.94. The maximum atomic E-state index is 12.3. The van der Waals surface area contributed by atoms with Crippen molar-refractivity contribution in [2.45, 2.75) is 25.8 Å². The van der Waals surface area contributed by atoms with Crippen molar-refractivity contribution in [2.75, 3.05) is 13.2 Å². The first kappa shape index (κ1) is 17.3. The average molecular weight is 361 g/mol. The maximum Gasteiger partial charge on any atom is 0.251 e. The summed E-state index contributed by atoms with van der Waals surface area (Å²) < 4.78 is 7.76. The highest BCUT2D eigenvalue weighted by Gasteiger charge is 2.11. The zero-order valence-electron chi connectivity index (χ0n) is 15.2. The van der Waals surface area contributed by atoms with Crippen molar-refractivity contribution in [1.29, 1.82) is 0 Å². The van der Waals surface area contributed by atoms with Crippen LogP contribution >= 0.6 is 0 Å². The van der Waals surface area contributed by atoms with Crippen LogP contribution in [0.3, 0.4) is 0 Å². The molecule has 5 heteroatoms. The van der Waals surface area contributed by atoms with Crippen LogP contribution in [-0.2, 0) is 19.4 Å². The third-order valence-corrected chi connectivity index (χ3v) is 4.87. The van der Waals surface area contributed by atoms with Gasteiger partial charge in [0.15, 0.2) is 0 Å². The fraction of sp³-hybridized carbons (Fsp3) is 0.273. The van der Waals surface area contributed by atoms with Gasteiger partial charge in [0.05, 0.1) is 12.9 Å². The Morgan fingerprint density at radius 3 is 2.78 bits per heavy atom. The van der Waals surface area contributed by atoms with Crippen molar-refractivity contribution in [2.24, 2.45) is 0 Å². The van der Waals surface area contributed by atoms with Gasteiger partial charge in [0, 0.05) is 24.5 Å². The van der Waals surface area contributed by atoms with Gasteiger partial charge in [0.25, 0.3) is 5.91 Å². The van der Waals surface area contributed by atoms with Crippen molar-refractivity contribution < 1.29 is 9.53 Å². The maximum absolute atomic E-state index is 12.3. The van der Waals surface area contributed by atoms with Crippen molar-refractivity contribution in [1.82, 2.24) is 14.9 Å². The lowest BCUT2D eigenvalue weighted by molar-refractivity contribution is 0.0947. The molecule has 27 heavy (non-hydrogen) atoms. The number of imidazole rings is 1. The van der Waals surface area contributed by atoms with Crippen LogP contribution in [0.15, 0.2) is 61.2 Å². The lowest BCUT2D eigenvalue weighted by Crippen LogP contribution is -2.28. The summed E-state index contributed by atoms with van der Waals surface area (Å²) >= 11 is 0. The number of carbonyl (C=O) groups excluding carboxylic acids is 1. The predicted molar refractivity (Wildman–Crippen MR) is 104 cm³/mol. The number of aryl methyl sites for hydroxylation is 2. The minimum Gasteiger partial charge on any atom is -0.492 e. The molecule has 0 bridgehead atoms. The van der Waals surface area contributed by atoms with Crippen LogP contribution in [0.2, 0.25) is 0 Å². The van der Waals surface area contributed by atoms with Crippen LogP contribution in [-0.4, -0.2) is 28.6 Å². The van der Waals surface area contributed by atoms with E-state index in [0.717, 1.165) is 24.3 Å². The molecule has 0 aliphatic heterocycles. The Bertz CT molecular complexity index is 902. The Kier molecular flexibility index (Phi) is 5.19. The predicted octanol–water partition coefficient (Wildman–Crippen LogP) is 3.23. The van der Waals surface area contributed by atoms with E-state index in [0.29, 0.717) is 18.7 Å². The Hall–Kier alpha value is -3.08. The molecule has 0 fully saturated rings. The summed E-state index contributed by atoms with van der Waals surface area (Å²) in [6.07, 6.45) is 9.00. The molecule has 0 spiro atoms. The van der Waals surface area contributed by atoms with Crippen LogP contribution in [0.5, 0.6) is 5.75 Å². The molecule has 0 unspecified atom stereocenters. The molecule has 0 radical (unpaired) electrons. The number of aromatic nitrogens is 2. The number of rotatable bonds is 7. The largest absolute Gasteiger partial charge is 0.492 e. The van der Waals surface area contributed by atoms with Crippen LogP contribution in [0, 0.1) is 0 Å². The lowest BCUT2D eigenvalue weighted by atomic mass is 10.1. The van der Waals surface area contributed by atoms with E-state index < -0.39 is 0 Å². The molecular weight excluding hydrogens is 338 g/mol. The molecule has 2 aromatic carbocycles. The second-order valence-corrected chi connectivity index (χ2v) is 6.82. The lowest BCUT2D eigenvalue weighted by Gasteiger charge is -2.10. The molecule has 1 aliphatic rings. The Morgan fingerprint density at radius 1 is 1.11 bits per heavy atom. The normalized spacial score (nSPS) is 12.6. The smallest absolute Gasteiger partial charge is 0.251 e. The molecule has 0 saturated heterocycles. The average Bonchev–Trinajstić information content (AvgIpc) is 3.37. The molecule has 138 valence electrons. The van der Waals surface area contributed by atoms with Gasteiger partial charge in [-0.25, -0.2) is 4.98 Å². The fourth-order valence-corrected chi connectivity index (χ4v) is 3.43. The minimum absolute atomic E-state index is 0.0817. The summed E-state index contributed by atoms with van der Waals surface area (Å²) in [5.41, 5.74) is 4.62. The number of carbonyl (C=O) groups is 1. The van der Waals surface area contributed by atoms with E-state index >= 15 is 0 Å². The van der Waals surface area contributed by atoms with Gasteiger partial charge in [-0.3, -0.25) is 4.79 Å². The Morgan fingerprint density at radius 2 is 1.96 bits per heavy atom. The van der Waals surface area contributed by atoms with Crippen LogP contribution in [0.4, 0.5) is 0 Å². The number of amides is 1. The molecule has 5 nitrogen and oxygen atoms in total. The first-order valence-corrected chi connectivity index (χ1v) is 9.35. The van der Waals surface area contributed by atoms with E-state index in [1.165, 1.54) is 24.0 Å². The van der Waals surface area contributed by atoms with Gasteiger partial charge in [-0.1, -0.05) is 18.2 Å². The molecule has 0 atom stereocenters. The van der Waals surface area contributed by atoms with Gasteiger partial charge >= 0.3 is 0 Å². The molecular formula is C22H23N3O2. The number of ether oxygens (including phenoxy) is 1. The summed E-state index contributed by atoms with van der Waals surface area (Å²) in [5, 5.41) is 2.91. The molecule has 4 rings (SSSR count). The molecule has 1 aromatic heterocycles. The third-order valence-electron chi connectivity index (χ3n) is 4.87. The second-order valence-electron chi connectivity index (χ2n) is 6.82. The van der Waals surface area contributed by atoms with E-state index in [-0.39, 0.29) is 5.91 Å². The highest BCUT2D eigenvalue weighted by Crippen LogP contribution is 2.25. The zero-order valence-corrected chi connectivity index (χ0v) is 15.2. The summed E-state index contributed by atoms with van der Waals surface area (Å²) in [6.45, 7) is 1.69. The molecule has 3 aromatic rings. The quantitative estimate of drug-likeness (QED) is 0.658. The number of hydrogen-bond acceptors (Lipinski definition) is 3. The second kappa shape index (κ2) is 8.08. The fourth-order valence-electron chi connectivity index (χ4n) is 3.43. The van der Waals surface area contributed by atoms with E-state index in [1.54, 1.807) is 12.5 Å². The number of nitrogens with zero attached hydrogens (tertiary/aromatic N) is 2. The third kappa shape index (κ3) is 4.37. The van der Waals surface area contributed by atoms with E-state index in [2.05, 4.69) is 22.4 Å². The molecule has 1 heterocycles. The van der Waals surface area contributed by atoms with Gasteiger partial charge in [-0.2, -0.15) is 0 Å². The van der Waals surface area contributed by atoms with E-state index in [1.807, 2.05) is 41.1 Å². The van der Waals surface area contributed by atoms with Crippen molar-refractivity contribution >= 4 is 5.91 Å². The van der Waals surface area contributed by atoms with Crippen molar-refractivity contribution in [3.8, 4) is 5.75 Å². The van der Waals surface area contributed by atoms with Crippen molar-refractivity contribution in [3.05, 3.63) is 83.4 Å². The number of benzene rings is 2. The number of fused-ring (bicyclic) bond motifs is 1. The van der Waals surface area contributed by atoms with Gasteiger partial charge in [0.2, 0.25) is 0 Å². The first-order valence-electron chi connectivity index (χ1n) is 9.35. The molecule has 0 saturated carbocycles. The van der Waals surface area contributed by atoms with E-state index in [4.69, 9.17) is 4.74 Å². The monoisotopic (exact) mass is 361 g/mol. The Labute approximate surface area is 159 Å². The first-order chi connectivity index (χ1) is 13.3.